The molecule has 18 heavy (non-hydrogen) atoms. The minimum Gasteiger partial charge on any atom is -0.444 e. The summed E-state index contributed by atoms with van der Waals surface area (Å²) in [6.07, 6.45) is 1.32. The topological polar surface area (TPSA) is 58.6 Å². The van der Waals surface area contributed by atoms with Gasteiger partial charge >= 0.3 is 6.09 Å². The lowest BCUT2D eigenvalue weighted by Crippen LogP contribution is -2.68. The molecule has 0 bridgehead atoms. The minimum absolute atomic E-state index is 0.00807. The van der Waals surface area contributed by atoms with Gasteiger partial charge in [-0.3, -0.25) is 4.79 Å². The number of nitrogens with zero attached hydrogens (tertiary/aromatic N) is 1. The van der Waals surface area contributed by atoms with Gasteiger partial charge in [0.05, 0.1) is 0 Å². The molecule has 2 heterocycles. The van der Waals surface area contributed by atoms with E-state index in [0.29, 0.717) is 0 Å². The van der Waals surface area contributed by atoms with Crippen molar-refractivity contribution in [1.29, 1.82) is 0 Å². The van der Waals surface area contributed by atoms with Crippen LogP contribution in [-0.4, -0.2) is 39.7 Å². The molecule has 2 aliphatic heterocycles. The molecule has 0 aliphatic carbocycles. The monoisotopic (exact) mass is 270 g/mol. The molecule has 2 aliphatic rings. The molecule has 0 radical (unpaired) electrons. The SMILES string of the molecule is CC1=CN2C(=O)[C@@H](NC(=O)OC(C)(C)C)[C@@H]2SC1. The lowest BCUT2D eigenvalue weighted by molar-refractivity contribution is -0.141. The highest BCUT2D eigenvalue weighted by Crippen LogP contribution is 2.35. The molecular weight excluding hydrogens is 252 g/mol. The smallest absolute Gasteiger partial charge is 0.408 e. The molecule has 100 valence electrons. The highest BCUT2D eigenvalue weighted by molar-refractivity contribution is 8.00. The summed E-state index contributed by atoms with van der Waals surface area (Å²) >= 11 is 1.66. The fraction of sp³-hybridized carbons (Fsp3) is 0.667. The van der Waals surface area contributed by atoms with E-state index in [4.69, 9.17) is 4.74 Å². The molecule has 2 amide bonds. The number of rotatable bonds is 1. The third-order valence-electron chi connectivity index (χ3n) is 2.59. The zero-order chi connectivity index (χ0) is 13.5. The molecule has 1 N–H and O–H groups in total. The van der Waals surface area contributed by atoms with Gasteiger partial charge < -0.3 is 15.0 Å². The molecule has 0 aromatic heterocycles. The average molecular weight is 270 g/mol. The summed E-state index contributed by atoms with van der Waals surface area (Å²) in [4.78, 5) is 25.1. The summed E-state index contributed by atoms with van der Waals surface area (Å²) < 4.78 is 5.15. The highest BCUT2D eigenvalue weighted by atomic mass is 32.2. The van der Waals surface area contributed by atoms with Crippen molar-refractivity contribution in [2.75, 3.05) is 5.75 Å². The Labute approximate surface area is 111 Å². The molecule has 1 fully saturated rings. The summed E-state index contributed by atoms with van der Waals surface area (Å²) in [6, 6.07) is -0.464. The van der Waals surface area contributed by atoms with E-state index < -0.39 is 17.7 Å². The Bertz CT molecular complexity index is 414. The van der Waals surface area contributed by atoms with Crippen molar-refractivity contribution in [2.45, 2.75) is 44.7 Å². The van der Waals surface area contributed by atoms with Crippen LogP contribution >= 0.6 is 11.8 Å². The summed E-state index contributed by atoms with van der Waals surface area (Å²) in [6.45, 7) is 7.37. The lowest BCUT2D eigenvalue weighted by atomic mass is 10.1. The van der Waals surface area contributed by atoms with Gasteiger partial charge in [0.15, 0.2) is 0 Å². The zero-order valence-corrected chi connectivity index (χ0v) is 11.8. The molecule has 0 aromatic carbocycles. The van der Waals surface area contributed by atoms with Gasteiger partial charge in [0.1, 0.15) is 17.0 Å². The number of nitrogens with one attached hydrogen (secondary N) is 1. The number of ether oxygens (including phenoxy) is 1. The van der Waals surface area contributed by atoms with Crippen molar-refractivity contribution in [2.24, 2.45) is 0 Å². The maximum absolute atomic E-state index is 11.8. The van der Waals surface area contributed by atoms with Crippen molar-refractivity contribution >= 4 is 23.8 Å². The molecule has 0 aromatic rings. The maximum atomic E-state index is 11.8. The standard InChI is InChI=1S/C12H18N2O3S/c1-7-5-14-9(15)8(10(14)18-6-7)13-11(16)17-12(2,3)4/h5,8,10H,6H2,1-4H3,(H,13,16)/t8-,10+/m1/s1. The number of β-lactam (4-membered cyclic amide) rings is 1. The zero-order valence-electron chi connectivity index (χ0n) is 11.0. The predicted octanol–water partition coefficient (Wildman–Crippen LogP) is 1.70. The predicted molar refractivity (Wildman–Crippen MR) is 70.0 cm³/mol. The van der Waals surface area contributed by atoms with Crippen LogP contribution in [0.25, 0.3) is 0 Å². The summed E-state index contributed by atoms with van der Waals surface area (Å²) in [7, 11) is 0. The van der Waals surface area contributed by atoms with Crippen molar-refractivity contribution in [3.63, 3.8) is 0 Å². The van der Waals surface area contributed by atoms with Gasteiger partial charge in [0.2, 0.25) is 0 Å². The molecular formula is C12H18N2O3S. The van der Waals surface area contributed by atoms with Gasteiger partial charge in [0, 0.05) is 12.0 Å². The van der Waals surface area contributed by atoms with Gasteiger partial charge in [-0.2, -0.15) is 0 Å². The van der Waals surface area contributed by atoms with Crippen LogP contribution in [0, 0.1) is 0 Å². The molecule has 0 spiro atoms. The van der Waals surface area contributed by atoms with Gasteiger partial charge in [0.25, 0.3) is 5.91 Å². The second-order valence-electron chi connectivity index (χ2n) is 5.55. The van der Waals surface area contributed by atoms with E-state index in [1.807, 2.05) is 13.1 Å². The number of alkyl carbamates (subject to hydrolysis) is 1. The maximum Gasteiger partial charge on any atom is 0.408 e. The van der Waals surface area contributed by atoms with Crippen LogP contribution < -0.4 is 5.32 Å². The number of carbonyl (C=O) groups excluding carboxylic acids is 2. The number of amides is 2. The van der Waals surface area contributed by atoms with Gasteiger partial charge in [-0.25, -0.2) is 4.79 Å². The normalized spacial score (nSPS) is 27.0. The number of thioether (sulfide) groups is 1. The molecule has 2 atom stereocenters. The van der Waals surface area contributed by atoms with E-state index in [9.17, 15) is 9.59 Å². The first-order chi connectivity index (χ1) is 8.28. The quantitative estimate of drug-likeness (QED) is 0.737. The summed E-state index contributed by atoms with van der Waals surface area (Å²) in [5, 5.41) is 2.64. The first-order valence-corrected chi connectivity index (χ1v) is 6.93. The first-order valence-electron chi connectivity index (χ1n) is 5.88. The van der Waals surface area contributed by atoms with E-state index in [-0.39, 0.29) is 11.3 Å². The van der Waals surface area contributed by atoms with Crippen molar-refractivity contribution in [3.05, 3.63) is 11.8 Å². The third-order valence-corrected chi connectivity index (χ3v) is 4.06. The van der Waals surface area contributed by atoms with Gasteiger partial charge in [-0.15, -0.1) is 11.8 Å². The van der Waals surface area contributed by atoms with Crippen LogP contribution in [0.3, 0.4) is 0 Å². The number of carbonyl (C=O) groups is 2. The molecule has 1 saturated heterocycles. The van der Waals surface area contributed by atoms with Crippen LogP contribution in [0.1, 0.15) is 27.7 Å². The summed E-state index contributed by atoms with van der Waals surface area (Å²) in [5.74, 6) is 0.818. The lowest BCUT2D eigenvalue weighted by Gasteiger charge is -2.47. The fourth-order valence-corrected chi connectivity index (χ4v) is 3.07. The Kier molecular flexibility index (Phi) is 3.31. The molecule has 0 saturated carbocycles. The third kappa shape index (κ3) is 2.63. The van der Waals surface area contributed by atoms with E-state index in [0.717, 1.165) is 5.75 Å². The van der Waals surface area contributed by atoms with Crippen molar-refractivity contribution < 1.29 is 14.3 Å². The Morgan fingerprint density at radius 3 is 2.83 bits per heavy atom. The van der Waals surface area contributed by atoms with E-state index in [1.54, 1.807) is 37.4 Å². The van der Waals surface area contributed by atoms with Crippen LogP contribution in [0.5, 0.6) is 0 Å². The van der Waals surface area contributed by atoms with E-state index in [2.05, 4.69) is 5.32 Å². The largest absolute Gasteiger partial charge is 0.444 e. The second-order valence-corrected chi connectivity index (χ2v) is 6.65. The van der Waals surface area contributed by atoms with Crippen molar-refractivity contribution in [3.8, 4) is 0 Å². The average Bonchev–Trinajstić information content (AvgIpc) is 2.23. The Hall–Kier alpha value is -1.17. The first kappa shape index (κ1) is 13.3. The van der Waals surface area contributed by atoms with Crippen LogP contribution in [0.4, 0.5) is 4.79 Å². The Morgan fingerprint density at radius 1 is 1.56 bits per heavy atom. The molecule has 2 rings (SSSR count). The number of fused-ring (bicyclic) bond motifs is 1. The second kappa shape index (κ2) is 4.50. The number of hydrogen-bond donors (Lipinski definition) is 1. The van der Waals surface area contributed by atoms with Crippen molar-refractivity contribution in [1.82, 2.24) is 10.2 Å². The van der Waals surface area contributed by atoms with Crippen LogP contribution in [0.15, 0.2) is 11.8 Å². The molecule has 5 nitrogen and oxygen atoms in total. The van der Waals surface area contributed by atoms with Crippen LogP contribution in [0.2, 0.25) is 0 Å². The molecule has 0 unspecified atom stereocenters. The minimum atomic E-state index is -0.549. The van der Waals surface area contributed by atoms with Gasteiger partial charge in [-0.05, 0) is 33.3 Å². The number of hydrogen-bond acceptors (Lipinski definition) is 4. The fourth-order valence-electron chi connectivity index (χ4n) is 1.86. The Balaban J connectivity index is 1.93. The van der Waals surface area contributed by atoms with Gasteiger partial charge in [-0.1, -0.05) is 0 Å². The summed E-state index contributed by atoms with van der Waals surface area (Å²) in [5.41, 5.74) is 0.618. The Morgan fingerprint density at radius 2 is 2.22 bits per heavy atom. The highest BCUT2D eigenvalue weighted by Gasteiger charge is 2.49. The van der Waals surface area contributed by atoms with E-state index >= 15 is 0 Å². The molecule has 6 heteroatoms. The van der Waals surface area contributed by atoms with E-state index in [1.165, 1.54) is 5.57 Å². The van der Waals surface area contributed by atoms with Crippen LogP contribution in [-0.2, 0) is 9.53 Å².